The Morgan fingerprint density at radius 1 is 1.20 bits per heavy atom. The van der Waals surface area contributed by atoms with Crippen LogP contribution in [0.5, 0.6) is 0 Å². The highest BCUT2D eigenvalue weighted by atomic mass is 35.5. The van der Waals surface area contributed by atoms with Crippen molar-refractivity contribution >= 4 is 23.2 Å². The van der Waals surface area contributed by atoms with Crippen molar-refractivity contribution in [3.63, 3.8) is 0 Å². The highest BCUT2D eigenvalue weighted by Gasteiger charge is 2.30. The fraction of sp³-hybridized carbons (Fsp3) is 0.647. The maximum Gasteiger partial charge on any atom is 0.0595 e. The van der Waals surface area contributed by atoms with E-state index >= 15 is 0 Å². The van der Waals surface area contributed by atoms with Crippen molar-refractivity contribution in [1.29, 1.82) is 0 Å². The van der Waals surface area contributed by atoms with Gasteiger partial charge in [-0.3, -0.25) is 0 Å². The third-order valence-electron chi connectivity index (χ3n) is 4.64. The lowest BCUT2D eigenvalue weighted by Crippen LogP contribution is -2.30. The second-order valence-corrected chi connectivity index (χ2v) is 6.88. The maximum absolute atomic E-state index is 6.21. The van der Waals surface area contributed by atoms with Gasteiger partial charge >= 0.3 is 0 Å². The second kappa shape index (κ2) is 7.68. The van der Waals surface area contributed by atoms with Gasteiger partial charge in [0.25, 0.3) is 0 Å². The van der Waals surface area contributed by atoms with Gasteiger partial charge < -0.3 is 5.32 Å². The Labute approximate surface area is 133 Å². The Morgan fingerprint density at radius 3 is 2.65 bits per heavy atom. The molecule has 0 amide bonds. The first-order chi connectivity index (χ1) is 9.65. The summed E-state index contributed by atoms with van der Waals surface area (Å²) in [5, 5.41) is 4.69. The predicted octanol–water partition coefficient (Wildman–Crippen LogP) is 5.51. The van der Waals surface area contributed by atoms with Crippen molar-refractivity contribution < 1.29 is 0 Å². The van der Waals surface area contributed by atoms with Gasteiger partial charge in [-0.1, -0.05) is 55.5 Å². The van der Waals surface area contributed by atoms with E-state index in [1.165, 1.54) is 37.7 Å². The van der Waals surface area contributed by atoms with Crippen LogP contribution in [0.4, 0.5) is 0 Å². The standard InChI is InChI=1S/C17H25Cl2N/c1-3-4-12-5-6-14(11-20-2)15(9-12)13-7-8-16(18)17(19)10-13/h7-8,10,12,14-15,20H,3-6,9,11H2,1-2H3. The van der Waals surface area contributed by atoms with Gasteiger partial charge in [0, 0.05) is 0 Å². The summed E-state index contributed by atoms with van der Waals surface area (Å²) in [7, 11) is 2.05. The lowest BCUT2D eigenvalue weighted by Gasteiger charge is -2.36. The minimum absolute atomic E-state index is 0.613. The van der Waals surface area contributed by atoms with Crippen LogP contribution in [-0.4, -0.2) is 13.6 Å². The molecule has 2 rings (SSSR count). The fourth-order valence-electron chi connectivity index (χ4n) is 3.65. The van der Waals surface area contributed by atoms with Gasteiger partial charge in [-0.05, 0) is 61.9 Å². The third kappa shape index (κ3) is 3.90. The Balaban J connectivity index is 2.19. The average molecular weight is 314 g/mol. The summed E-state index contributed by atoms with van der Waals surface area (Å²) >= 11 is 12.3. The van der Waals surface area contributed by atoms with Crippen LogP contribution in [0.2, 0.25) is 10.0 Å². The molecular formula is C17H25Cl2N. The van der Waals surface area contributed by atoms with Crippen molar-refractivity contribution in [3.8, 4) is 0 Å². The molecule has 0 spiro atoms. The van der Waals surface area contributed by atoms with E-state index in [0.29, 0.717) is 21.9 Å². The van der Waals surface area contributed by atoms with E-state index in [1.807, 2.05) is 13.1 Å². The largest absolute Gasteiger partial charge is 0.319 e. The molecule has 0 bridgehead atoms. The summed E-state index contributed by atoms with van der Waals surface area (Å²) in [5.74, 6) is 2.19. The highest BCUT2D eigenvalue weighted by Crippen LogP contribution is 2.43. The summed E-state index contributed by atoms with van der Waals surface area (Å²) in [5.41, 5.74) is 1.36. The molecule has 1 aliphatic carbocycles. The molecule has 0 saturated heterocycles. The van der Waals surface area contributed by atoms with Crippen LogP contribution in [0.15, 0.2) is 18.2 Å². The van der Waals surface area contributed by atoms with Crippen LogP contribution in [0.25, 0.3) is 0 Å². The van der Waals surface area contributed by atoms with Gasteiger partial charge in [0.1, 0.15) is 0 Å². The molecule has 1 aromatic carbocycles. The molecule has 1 aliphatic rings. The molecule has 1 nitrogen and oxygen atoms in total. The monoisotopic (exact) mass is 313 g/mol. The maximum atomic E-state index is 6.21. The lowest BCUT2D eigenvalue weighted by atomic mass is 9.70. The van der Waals surface area contributed by atoms with Crippen LogP contribution in [0, 0.1) is 11.8 Å². The zero-order valence-corrected chi connectivity index (χ0v) is 14.0. The van der Waals surface area contributed by atoms with Gasteiger partial charge in [-0.15, -0.1) is 0 Å². The molecule has 1 fully saturated rings. The van der Waals surface area contributed by atoms with Crippen molar-refractivity contribution in [2.24, 2.45) is 11.8 Å². The van der Waals surface area contributed by atoms with Crippen molar-refractivity contribution in [1.82, 2.24) is 5.32 Å². The molecule has 3 heteroatoms. The molecule has 1 aromatic rings. The van der Waals surface area contributed by atoms with Crippen LogP contribution < -0.4 is 5.32 Å². The average Bonchev–Trinajstić information content (AvgIpc) is 2.44. The molecule has 0 radical (unpaired) electrons. The first kappa shape index (κ1) is 16.1. The van der Waals surface area contributed by atoms with E-state index in [9.17, 15) is 0 Å². The quantitative estimate of drug-likeness (QED) is 0.755. The Kier molecular flexibility index (Phi) is 6.20. The van der Waals surface area contributed by atoms with E-state index in [0.717, 1.165) is 12.5 Å². The molecular weight excluding hydrogens is 289 g/mol. The number of rotatable bonds is 5. The minimum atomic E-state index is 0.613. The van der Waals surface area contributed by atoms with Crippen LogP contribution in [0.3, 0.4) is 0 Å². The number of nitrogens with one attached hydrogen (secondary N) is 1. The Morgan fingerprint density at radius 2 is 2.00 bits per heavy atom. The summed E-state index contributed by atoms with van der Waals surface area (Å²) in [4.78, 5) is 0. The van der Waals surface area contributed by atoms with Crippen LogP contribution in [-0.2, 0) is 0 Å². The molecule has 1 N–H and O–H groups in total. The number of benzene rings is 1. The smallest absolute Gasteiger partial charge is 0.0595 e. The molecule has 112 valence electrons. The number of hydrogen-bond acceptors (Lipinski definition) is 1. The highest BCUT2D eigenvalue weighted by molar-refractivity contribution is 6.42. The van der Waals surface area contributed by atoms with Crippen molar-refractivity contribution in [2.75, 3.05) is 13.6 Å². The summed E-state index contributed by atoms with van der Waals surface area (Å²) in [6, 6.07) is 6.18. The normalized spacial score (nSPS) is 26.7. The lowest BCUT2D eigenvalue weighted by molar-refractivity contribution is 0.223. The number of halogens is 2. The molecule has 1 saturated carbocycles. The summed E-state index contributed by atoms with van der Waals surface area (Å²) < 4.78 is 0. The molecule has 0 aliphatic heterocycles. The van der Waals surface area contributed by atoms with Crippen LogP contribution >= 0.6 is 23.2 Å². The topological polar surface area (TPSA) is 12.0 Å². The van der Waals surface area contributed by atoms with Crippen LogP contribution in [0.1, 0.15) is 50.5 Å². The van der Waals surface area contributed by atoms with Gasteiger partial charge in [0.15, 0.2) is 0 Å². The SMILES string of the molecule is CCCC1CCC(CNC)C(c2ccc(Cl)c(Cl)c2)C1. The Bertz CT molecular complexity index is 433. The third-order valence-corrected chi connectivity index (χ3v) is 5.38. The van der Waals surface area contributed by atoms with E-state index in [-0.39, 0.29) is 0 Å². The first-order valence-corrected chi connectivity index (χ1v) is 8.50. The summed E-state index contributed by atoms with van der Waals surface area (Å²) in [6.45, 7) is 3.37. The summed E-state index contributed by atoms with van der Waals surface area (Å²) in [6.07, 6.45) is 6.62. The molecule has 3 unspecified atom stereocenters. The number of hydrogen-bond donors (Lipinski definition) is 1. The van der Waals surface area contributed by atoms with E-state index in [1.54, 1.807) is 0 Å². The van der Waals surface area contributed by atoms with Gasteiger partial charge in [0.05, 0.1) is 10.0 Å². The zero-order chi connectivity index (χ0) is 14.5. The first-order valence-electron chi connectivity index (χ1n) is 7.75. The fourth-order valence-corrected chi connectivity index (χ4v) is 3.96. The molecule has 3 atom stereocenters. The van der Waals surface area contributed by atoms with Gasteiger partial charge in [-0.2, -0.15) is 0 Å². The van der Waals surface area contributed by atoms with E-state index in [2.05, 4.69) is 24.4 Å². The van der Waals surface area contributed by atoms with E-state index < -0.39 is 0 Å². The molecule has 0 aromatic heterocycles. The van der Waals surface area contributed by atoms with E-state index in [4.69, 9.17) is 23.2 Å². The van der Waals surface area contributed by atoms with Gasteiger partial charge in [0.2, 0.25) is 0 Å². The Hall–Kier alpha value is -0.240. The van der Waals surface area contributed by atoms with Gasteiger partial charge in [-0.25, -0.2) is 0 Å². The zero-order valence-electron chi connectivity index (χ0n) is 12.5. The van der Waals surface area contributed by atoms with Crippen molar-refractivity contribution in [2.45, 2.75) is 44.9 Å². The second-order valence-electron chi connectivity index (χ2n) is 6.07. The minimum Gasteiger partial charge on any atom is -0.319 e. The van der Waals surface area contributed by atoms with Crippen molar-refractivity contribution in [3.05, 3.63) is 33.8 Å². The predicted molar refractivity (Wildman–Crippen MR) is 88.9 cm³/mol. The molecule has 20 heavy (non-hydrogen) atoms. The molecule has 0 heterocycles.